The maximum Gasteiger partial charge on any atom is 0.316 e. The van der Waals surface area contributed by atoms with Gasteiger partial charge in [-0.15, -0.1) is 11.3 Å². The fourth-order valence-corrected chi connectivity index (χ4v) is 4.13. The highest BCUT2D eigenvalue weighted by atomic mass is 32.2. The third-order valence-corrected chi connectivity index (χ3v) is 5.73. The number of rotatable bonds is 6. The summed E-state index contributed by atoms with van der Waals surface area (Å²) >= 11 is 2.84. The van der Waals surface area contributed by atoms with Crippen molar-refractivity contribution in [3.63, 3.8) is 0 Å². The molecule has 140 valence electrons. The zero-order valence-corrected chi connectivity index (χ0v) is 16.9. The van der Waals surface area contributed by atoms with Gasteiger partial charge in [0.05, 0.1) is 11.1 Å². The van der Waals surface area contributed by atoms with E-state index in [2.05, 4.69) is 39.6 Å². The molecule has 8 heteroatoms. The molecule has 0 N–H and O–H groups in total. The van der Waals surface area contributed by atoms with Gasteiger partial charge in [0, 0.05) is 25.0 Å². The van der Waals surface area contributed by atoms with Crippen LogP contribution in [-0.4, -0.2) is 53.2 Å². The molecule has 0 aliphatic heterocycles. The standard InChI is InChI=1S/C19H19N3O3S2/c1-12-4-6-13(7-5-12)14-9-26-18-17(14)19(21-11-20-18)27-10-16(24)25-8-15(23)22(2)3/h4-7,9,11H,8,10H2,1-3H3. The highest BCUT2D eigenvalue weighted by Crippen LogP contribution is 2.37. The molecule has 0 saturated heterocycles. The van der Waals surface area contributed by atoms with Crippen LogP contribution < -0.4 is 0 Å². The van der Waals surface area contributed by atoms with Crippen LogP contribution in [0.3, 0.4) is 0 Å². The largest absolute Gasteiger partial charge is 0.455 e. The van der Waals surface area contributed by atoms with Crippen LogP contribution in [0.4, 0.5) is 0 Å². The number of aryl methyl sites for hydroxylation is 1. The predicted molar refractivity (Wildman–Crippen MR) is 108 cm³/mol. The Labute approximate surface area is 165 Å². The number of benzene rings is 1. The molecule has 0 bridgehead atoms. The third kappa shape index (κ3) is 4.64. The summed E-state index contributed by atoms with van der Waals surface area (Å²) in [5.74, 6) is -0.623. The van der Waals surface area contributed by atoms with E-state index in [-0.39, 0.29) is 18.3 Å². The van der Waals surface area contributed by atoms with Crippen molar-refractivity contribution in [2.24, 2.45) is 0 Å². The van der Waals surface area contributed by atoms with Crippen molar-refractivity contribution in [2.75, 3.05) is 26.5 Å². The zero-order chi connectivity index (χ0) is 19.4. The van der Waals surface area contributed by atoms with Gasteiger partial charge in [-0.2, -0.15) is 0 Å². The molecule has 2 aromatic heterocycles. The summed E-state index contributed by atoms with van der Waals surface area (Å²) in [6.07, 6.45) is 1.50. The van der Waals surface area contributed by atoms with Crippen LogP contribution in [0.5, 0.6) is 0 Å². The Morgan fingerprint density at radius 1 is 1.19 bits per heavy atom. The van der Waals surface area contributed by atoms with Crippen molar-refractivity contribution in [1.82, 2.24) is 14.9 Å². The maximum atomic E-state index is 12.0. The van der Waals surface area contributed by atoms with Crippen LogP contribution >= 0.6 is 23.1 Å². The summed E-state index contributed by atoms with van der Waals surface area (Å²) in [5.41, 5.74) is 3.33. The molecule has 0 spiro atoms. The van der Waals surface area contributed by atoms with Gasteiger partial charge >= 0.3 is 5.97 Å². The van der Waals surface area contributed by atoms with Crippen LogP contribution in [0.15, 0.2) is 41.0 Å². The van der Waals surface area contributed by atoms with E-state index in [4.69, 9.17) is 4.74 Å². The minimum atomic E-state index is -0.450. The van der Waals surface area contributed by atoms with Gasteiger partial charge in [0.25, 0.3) is 5.91 Å². The Hall–Kier alpha value is -2.45. The van der Waals surface area contributed by atoms with E-state index in [1.807, 2.05) is 6.92 Å². The number of hydrogen-bond acceptors (Lipinski definition) is 7. The predicted octanol–water partition coefficient (Wildman–Crippen LogP) is 3.39. The first-order valence-electron chi connectivity index (χ1n) is 8.23. The number of nitrogens with zero attached hydrogens (tertiary/aromatic N) is 3. The van der Waals surface area contributed by atoms with Crippen molar-refractivity contribution in [3.05, 3.63) is 41.5 Å². The van der Waals surface area contributed by atoms with Crippen LogP contribution in [0.25, 0.3) is 21.3 Å². The number of carbonyl (C=O) groups excluding carboxylic acids is 2. The van der Waals surface area contributed by atoms with Crippen LogP contribution in [0, 0.1) is 6.92 Å². The first kappa shape index (κ1) is 19.3. The molecule has 3 rings (SSSR count). The second kappa shape index (κ2) is 8.49. The van der Waals surface area contributed by atoms with Gasteiger partial charge in [-0.1, -0.05) is 41.6 Å². The lowest BCUT2D eigenvalue weighted by atomic mass is 10.1. The van der Waals surface area contributed by atoms with Crippen molar-refractivity contribution >= 4 is 45.2 Å². The van der Waals surface area contributed by atoms with Gasteiger partial charge in [-0.3, -0.25) is 9.59 Å². The molecule has 0 fully saturated rings. The number of amides is 1. The summed E-state index contributed by atoms with van der Waals surface area (Å²) < 4.78 is 5.02. The number of thiophene rings is 1. The van der Waals surface area contributed by atoms with E-state index in [0.717, 1.165) is 26.4 Å². The summed E-state index contributed by atoms with van der Waals surface area (Å²) in [4.78, 5) is 34.4. The highest BCUT2D eigenvalue weighted by Gasteiger charge is 2.16. The summed E-state index contributed by atoms with van der Waals surface area (Å²) in [5, 5.41) is 3.73. The van der Waals surface area contributed by atoms with E-state index in [1.165, 1.54) is 28.6 Å². The molecule has 3 aromatic rings. The number of aromatic nitrogens is 2. The van der Waals surface area contributed by atoms with Gasteiger partial charge in [0.1, 0.15) is 16.2 Å². The summed E-state index contributed by atoms with van der Waals surface area (Å²) in [6, 6.07) is 8.27. The number of hydrogen-bond donors (Lipinski definition) is 0. The lowest BCUT2D eigenvalue weighted by molar-refractivity contribution is -0.148. The van der Waals surface area contributed by atoms with Crippen molar-refractivity contribution in [2.45, 2.75) is 11.9 Å². The molecule has 27 heavy (non-hydrogen) atoms. The van der Waals surface area contributed by atoms with Crippen LogP contribution in [-0.2, 0) is 14.3 Å². The average molecular weight is 402 g/mol. The Bertz CT molecular complexity index is 968. The van der Waals surface area contributed by atoms with Crippen LogP contribution in [0.2, 0.25) is 0 Å². The number of ether oxygens (including phenoxy) is 1. The summed E-state index contributed by atoms with van der Waals surface area (Å²) in [6.45, 7) is 1.80. The lowest BCUT2D eigenvalue weighted by Gasteiger charge is -2.10. The van der Waals surface area contributed by atoms with Gasteiger partial charge in [-0.25, -0.2) is 9.97 Å². The molecule has 6 nitrogen and oxygen atoms in total. The second-order valence-electron chi connectivity index (χ2n) is 6.11. The van der Waals surface area contributed by atoms with Gasteiger partial charge in [0.2, 0.25) is 0 Å². The van der Waals surface area contributed by atoms with E-state index in [1.54, 1.807) is 25.4 Å². The molecule has 1 aromatic carbocycles. The monoisotopic (exact) mass is 401 g/mol. The molecule has 2 heterocycles. The SMILES string of the molecule is Cc1ccc(-c2csc3ncnc(SCC(=O)OCC(=O)N(C)C)c23)cc1. The summed E-state index contributed by atoms with van der Waals surface area (Å²) in [7, 11) is 3.23. The third-order valence-electron chi connectivity index (χ3n) is 3.88. The molecule has 0 atom stereocenters. The Morgan fingerprint density at radius 3 is 2.63 bits per heavy atom. The molecule has 0 aliphatic rings. The Kier molecular flexibility index (Phi) is 6.08. The van der Waals surface area contributed by atoms with Gasteiger partial charge < -0.3 is 9.64 Å². The van der Waals surface area contributed by atoms with E-state index in [9.17, 15) is 9.59 Å². The maximum absolute atomic E-state index is 12.0. The van der Waals surface area contributed by atoms with Crippen molar-refractivity contribution in [1.29, 1.82) is 0 Å². The highest BCUT2D eigenvalue weighted by molar-refractivity contribution is 8.00. The minimum Gasteiger partial charge on any atom is -0.455 e. The van der Waals surface area contributed by atoms with E-state index >= 15 is 0 Å². The first-order chi connectivity index (χ1) is 13.0. The smallest absolute Gasteiger partial charge is 0.316 e. The molecule has 0 saturated carbocycles. The number of thioether (sulfide) groups is 1. The fourth-order valence-electron chi connectivity index (χ4n) is 2.34. The number of carbonyl (C=O) groups is 2. The zero-order valence-electron chi connectivity index (χ0n) is 15.3. The quantitative estimate of drug-likeness (QED) is 0.358. The van der Waals surface area contributed by atoms with Gasteiger partial charge in [0.15, 0.2) is 6.61 Å². The average Bonchev–Trinajstić information content (AvgIpc) is 3.09. The van der Waals surface area contributed by atoms with E-state index < -0.39 is 5.97 Å². The van der Waals surface area contributed by atoms with Crippen LogP contribution in [0.1, 0.15) is 5.56 Å². The fraction of sp³-hybridized carbons (Fsp3) is 0.263. The van der Waals surface area contributed by atoms with Crippen molar-refractivity contribution in [3.8, 4) is 11.1 Å². The Balaban J connectivity index is 1.77. The molecule has 0 unspecified atom stereocenters. The van der Waals surface area contributed by atoms with Gasteiger partial charge in [-0.05, 0) is 12.5 Å². The topological polar surface area (TPSA) is 72.4 Å². The van der Waals surface area contributed by atoms with E-state index in [0.29, 0.717) is 0 Å². The molecular formula is C19H19N3O3S2. The Morgan fingerprint density at radius 2 is 1.93 bits per heavy atom. The first-order valence-corrected chi connectivity index (χ1v) is 10.1. The minimum absolute atomic E-state index is 0.0794. The molecule has 0 radical (unpaired) electrons. The molecular weight excluding hydrogens is 382 g/mol. The normalized spacial score (nSPS) is 10.8. The number of fused-ring (bicyclic) bond motifs is 1. The van der Waals surface area contributed by atoms with Crippen molar-refractivity contribution < 1.29 is 14.3 Å². The second-order valence-corrected chi connectivity index (χ2v) is 7.93. The lowest BCUT2D eigenvalue weighted by Crippen LogP contribution is -2.27. The molecule has 0 aliphatic carbocycles. The number of likely N-dealkylation sites (N-methyl/N-ethyl adjacent to an activating group) is 1. The molecule has 1 amide bonds. The number of esters is 1.